The van der Waals surface area contributed by atoms with Gasteiger partial charge in [0.2, 0.25) is 10.0 Å². The van der Waals surface area contributed by atoms with Gasteiger partial charge in [-0.3, -0.25) is 20.0 Å². The van der Waals surface area contributed by atoms with Crippen molar-refractivity contribution in [2.24, 2.45) is 0 Å². The minimum Gasteiger partial charge on any atom is -0.321 e. The Morgan fingerprint density at radius 1 is 1.24 bits per heavy atom. The van der Waals surface area contributed by atoms with Crippen LogP contribution in [0.25, 0.3) is 10.9 Å². The van der Waals surface area contributed by atoms with Crippen molar-refractivity contribution in [1.29, 1.82) is 0 Å². The molecule has 2 aromatic carbocycles. The summed E-state index contributed by atoms with van der Waals surface area (Å²) in [5, 5.41) is 20.5. The van der Waals surface area contributed by atoms with Crippen LogP contribution in [-0.4, -0.2) is 36.0 Å². The second kappa shape index (κ2) is 8.20. The molecule has 0 saturated heterocycles. The maximum absolute atomic E-state index is 12.5. The minimum atomic E-state index is -3.48. The van der Waals surface area contributed by atoms with Crippen molar-refractivity contribution >= 4 is 38.2 Å². The van der Waals surface area contributed by atoms with Crippen LogP contribution in [0.15, 0.2) is 55.1 Å². The number of amides is 1. The molecule has 1 amide bonds. The van der Waals surface area contributed by atoms with Gasteiger partial charge in [0.05, 0.1) is 16.2 Å². The first-order chi connectivity index (χ1) is 13.8. The number of benzene rings is 2. The van der Waals surface area contributed by atoms with Crippen LogP contribution in [0.4, 0.5) is 11.4 Å². The number of nitrogens with one attached hydrogen (secondary N) is 3. The van der Waals surface area contributed by atoms with E-state index in [1.54, 1.807) is 24.3 Å². The Hall–Kier alpha value is -3.57. The van der Waals surface area contributed by atoms with Crippen molar-refractivity contribution in [1.82, 2.24) is 14.9 Å². The molecule has 0 saturated carbocycles. The molecular formula is C18H17N5O5S. The molecule has 3 rings (SSSR count). The van der Waals surface area contributed by atoms with Crippen LogP contribution in [0.3, 0.4) is 0 Å². The van der Waals surface area contributed by atoms with E-state index in [9.17, 15) is 23.3 Å². The summed E-state index contributed by atoms with van der Waals surface area (Å²) in [4.78, 5) is 22.9. The largest absolute Gasteiger partial charge is 0.321 e. The molecule has 150 valence electrons. The number of hydrogen-bond donors (Lipinski definition) is 3. The molecule has 0 unspecified atom stereocenters. The zero-order chi connectivity index (χ0) is 21.0. The Labute approximate surface area is 165 Å². The molecule has 0 bridgehead atoms. The molecule has 0 aliphatic heterocycles. The quantitative estimate of drug-likeness (QED) is 0.292. The smallest absolute Gasteiger partial charge is 0.276 e. The van der Waals surface area contributed by atoms with Gasteiger partial charge < -0.3 is 5.32 Å². The van der Waals surface area contributed by atoms with Gasteiger partial charge in [-0.05, 0) is 23.8 Å². The summed E-state index contributed by atoms with van der Waals surface area (Å²) in [6.07, 6.45) is 1.45. The number of non-ortho nitro benzene ring substituents is 1. The summed E-state index contributed by atoms with van der Waals surface area (Å²) in [7, 11) is -3.48. The fraction of sp³-hybridized carbons (Fsp3) is 0.111. The number of nitrogens with zero attached hydrogens (tertiary/aromatic N) is 2. The van der Waals surface area contributed by atoms with E-state index in [0.717, 1.165) is 0 Å². The van der Waals surface area contributed by atoms with Gasteiger partial charge in [-0.1, -0.05) is 18.2 Å². The molecule has 0 spiro atoms. The van der Waals surface area contributed by atoms with Crippen LogP contribution < -0.4 is 10.0 Å². The molecule has 0 aliphatic carbocycles. The van der Waals surface area contributed by atoms with Crippen molar-refractivity contribution in [3.05, 3.63) is 76.5 Å². The Kier molecular flexibility index (Phi) is 5.71. The molecule has 3 N–H and O–H groups in total. The lowest BCUT2D eigenvalue weighted by Crippen LogP contribution is -2.25. The van der Waals surface area contributed by atoms with Crippen LogP contribution in [0.5, 0.6) is 0 Å². The molecule has 3 aromatic rings. The van der Waals surface area contributed by atoms with Gasteiger partial charge in [-0.25, -0.2) is 13.1 Å². The van der Waals surface area contributed by atoms with Crippen molar-refractivity contribution < 1.29 is 18.1 Å². The van der Waals surface area contributed by atoms with E-state index in [1.807, 2.05) is 0 Å². The van der Waals surface area contributed by atoms with Crippen LogP contribution in [0.2, 0.25) is 0 Å². The summed E-state index contributed by atoms with van der Waals surface area (Å²) in [5.41, 5.74) is 1.33. The minimum absolute atomic E-state index is 0.0176. The first-order valence-electron chi connectivity index (χ1n) is 8.40. The third-order valence-electron chi connectivity index (χ3n) is 3.99. The maximum Gasteiger partial charge on any atom is 0.276 e. The number of H-pyrrole nitrogens is 1. The summed E-state index contributed by atoms with van der Waals surface area (Å²) in [6.45, 7) is 3.60. The standard InChI is InChI=1S/C18H17N5O5S/c1-2-9-19-29(27,28)11-12-3-5-13(6-4-12)20-18(24)17-15-10-14(23(25)26)7-8-16(15)21-22-17/h2-8,10,19H,1,9,11H2,(H,20,24)(H,21,22). The number of fused-ring (bicyclic) bond motifs is 1. The molecule has 29 heavy (non-hydrogen) atoms. The topological polar surface area (TPSA) is 147 Å². The van der Waals surface area contributed by atoms with E-state index in [-0.39, 0.29) is 23.7 Å². The Balaban J connectivity index is 1.74. The fourth-order valence-electron chi connectivity index (χ4n) is 2.62. The van der Waals surface area contributed by atoms with Gasteiger partial charge in [0, 0.05) is 29.8 Å². The third kappa shape index (κ3) is 4.83. The Morgan fingerprint density at radius 3 is 2.62 bits per heavy atom. The van der Waals surface area contributed by atoms with Crippen LogP contribution in [0, 0.1) is 10.1 Å². The van der Waals surface area contributed by atoms with Gasteiger partial charge in [0.25, 0.3) is 11.6 Å². The van der Waals surface area contributed by atoms with Crippen LogP contribution >= 0.6 is 0 Å². The van der Waals surface area contributed by atoms with E-state index < -0.39 is 20.9 Å². The molecule has 10 nitrogen and oxygen atoms in total. The Bertz CT molecular complexity index is 1190. The van der Waals surface area contributed by atoms with Crippen molar-refractivity contribution in [2.45, 2.75) is 5.75 Å². The lowest BCUT2D eigenvalue weighted by molar-refractivity contribution is -0.384. The second-order valence-electron chi connectivity index (χ2n) is 6.11. The third-order valence-corrected chi connectivity index (χ3v) is 5.31. The molecule has 0 fully saturated rings. The average molecular weight is 415 g/mol. The van der Waals surface area contributed by atoms with E-state index in [0.29, 0.717) is 22.2 Å². The van der Waals surface area contributed by atoms with Gasteiger partial charge >= 0.3 is 0 Å². The van der Waals surface area contributed by atoms with Gasteiger partial charge in [-0.2, -0.15) is 5.10 Å². The van der Waals surface area contributed by atoms with E-state index >= 15 is 0 Å². The van der Waals surface area contributed by atoms with E-state index in [1.165, 1.54) is 24.3 Å². The molecule has 0 aliphatic rings. The predicted octanol–water partition coefficient (Wildman–Crippen LogP) is 2.33. The van der Waals surface area contributed by atoms with Crippen molar-refractivity contribution in [3.8, 4) is 0 Å². The van der Waals surface area contributed by atoms with Crippen molar-refractivity contribution in [3.63, 3.8) is 0 Å². The number of carbonyl (C=O) groups is 1. The maximum atomic E-state index is 12.5. The predicted molar refractivity (Wildman–Crippen MR) is 108 cm³/mol. The lowest BCUT2D eigenvalue weighted by atomic mass is 10.1. The number of nitro groups is 1. The summed E-state index contributed by atoms with van der Waals surface area (Å²) in [6, 6.07) is 10.4. The highest BCUT2D eigenvalue weighted by Gasteiger charge is 2.17. The highest BCUT2D eigenvalue weighted by molar-refractivity contribution is 7.88. The highest BCUT2D eigenvalue weighted by atomic mass is 32.2. The number of aromatic amines is 1. The molecular weight excluding hydrogens is 398 g/mol. The number of nitro benzene ring substituents is 1. The normalized spacial score (nSPS) is 11.3. The second-order valence-corrected chi connectivity index (χ2v) is 7.91. The summed E-state index contributed by atoms with van der Waals surface area (Å²) < 4.78 is 26.2. The molecule has 1 aromatic heterocycles. The van der Waals surface area contributed by atoms with Gasteiger partial charge in [-0.15, -0.1) is 6.58 Å². The fourth-order valence-corrected chi connectivity index (χ4v) is 3.72. The number of anilines is 1. The number of sulfonamides is 1. The SMILES string of the molecule is C=CCNS(=O)(=O)Cc1ccc(NC(=O)c2n[nH]c3ccc([N+](=O)[O-])cc23)cc1. The highest BCUT2D eigenvalue weighted by Crippen LogP contribution is 2.23. The number of carbonyl (C=O) groups excluding carboxylic acids is 1. The molecule has 1 heterocycles. The number of hydrogen-bond acceptors (Lipinski definition) is 6. The van der Waals surface area contributed by atoms with Gasteiger partial charge in [0.15, 0.2) is 5.69 Å². The van der Waals surface area contributed by atoms with Crippen molar-refractivity contribution in [2.75, 3.05) is 11.9 Å². The van der Waals surface area contributed by atoms with E-state index in [2.05, 4.69) is 26.8 Å². The monoisotopic (exact) mass is 415 g/mol. The van der Waals surface area contributed by atoms with Crippen LogP contribution in [-0.2, 0) is 15.8 Å². The first-order valence-corrected chi connectivity index (χ1v) is 10.1. The van der Waals surface area contributed by atoms with E-state index in [4.69, 9.17) is 0 Å². The lowest BCUT2D eigenvalue weighted by Gasteiger charge is -2.07. The average Bonchev–Trinajstić information content (AvgIpc) is 3.11. The Morgan fingerprint density at radius 2 is 1.97 bits per heavy atom. The molecule has 0 radical (unpaired) electrons. The number of rotatable bonds is 8. The summed E-state index contributed by atoms with van der Waals surface area (Å²) >= 11 is 0. The summed E-state index contributed by atoms with van der Waals surface area (Å²) in [5.74, 6) is -0.757. The molecule has 0 atom stereocenters. The number of aromatic nitrogens is 2. The van der Waals surface area contributed by atoms with Crippen LogP contribution in [0.1, 0.15) is 16.1 Å². The molecule has 11 heteroatoms. The first kappa shape index (κ1) is 20.2. The zero-order valence-corrected chi connectivity index (χ0v) is 15.9. The van der Waals surface area contributed by atoms with Gasteiger partial charge in [0.1, 0.15) is 0 Å². The zero-order valence-electron chi connectivity index (χ0n) is 15.1.